The van der Waals surface area contributed by atoms with Gasteiger partial charge in [-0.15, -0.1) is 0 Å². The topological polar surface area (TPSA) is 89.5 Å². The lowest BCUT2D eigenvalue weighted by atomic mass is 9.81. The predicted octanol–water partition coefficient (Wildman–Crippen LogP) is 3.84. The third-order valence-corrected chi connectivity index (χ3v) is 2.70. The molecule has 8 heteroatoms. The minimum Gasteiger partial charge on any atom is -0.269 e. The van der Waals surface area contributed by atoms with E-state index in [1.54, 1.807) is 48.5 Å². The van der Waals surface area contributed by atoms with Crippen molar-refractivity contribution in [2.45, 2.75) is 86.4 Å². The minimum atomic E-state index is -0.596. The molecule has 0 aromatic rings. The molecule has 0 N–H and O–H groups in total. The van der Waals surface area contributed by atoms with Gasteiger partial charge in [0, 0.05) is 0 Å². The Morgan fingerprint density at radius 2 is 1.24 bits per heavy atom. The molecule has 0 saturated heterocycles. The first-order valence-corrected chi connectivity index (χ1v) is 8.23. The van der Waals surface area contributed by atoms with Crippen LogP contribution < -0.4 is 0 Å². The Labute approximate surface area is 149 Å². The lowest BCUT2D eigenvalue weighted by Crippen LogP contribution is -2.27. The van der Waals surface area contributed by atoms with Gasteiger partial charge < -0.3 is 0 Å². The van der Waals surface area contributed by atoms with Crippen molar-refractivity contribution in [3.05, 3.63) is 0 Å². The average molecular weight is 364 g/mol. The van der Waals surface area contributed by atoms with E-state index >= 15 is 0 Å². The number of hydrogen-bond donors (Lipinski definition) is 0. The van der Waals surface area contributed by atoms with Gasteiger partial charge in [-0.2, -0.15) is 9.78 Å². The van der Waals surface area contributed by atoms with Gasteiger partial charge in [0.25, 0.3) is 0 Å². The van der Waals surface area contributed by atoms with Crippen molar-refractivity contribution >= 4 is 11.9 Å². The molecule has 0 bridgehead atoms. The van der Waals surface area contributed by atoms with Crippen LogP contribution in [0.3, 0.4) is 0 Å². The lowest BCUT2D eigenvalue weighted by Gasteiger charge is -2.25. The normalized spacial score (nSPS) is 14.1. The van der Waals surface area contributed by atoms with E-state index in [0.717, 1.165) is 0 Å². The molecular weight excluding hydrogens is 332 g/mol. The molecule has 25 heavy (non-hydrogen) atoms. The molecule has 0 aromatic heterocycles. The molecule has 0 aliphatic rings. The van der Waals surface area contributed by atoms with Gasteiger partial charge in [-0.05, 0) is 63.5 Å². The van der Waals surface area contributed by atoms with Crippen LogP contribution in [0, 0.1) is 11.3 Å². The fourth-order valence-corrected chi connectivity index (χ4v) is 1.80. The van der Waals surface area contributed by atoms with Gasteiger partial charge in [0.1, 0.15) is 0 Å². The molecule has 0 saturated carbocycles. The molecular formula is C17H32O8. The summed E-state index contributed by atoms with van der Waals surface area (Å²) in [4.78, 5) is 42.6. The van der Waals surface area contributed by atoms with E-state index in [1.165, 1.54) is 0 Å². The monoisotopic (exact) mass is 364 g/mol. The molecule has 0 aliphatic heterocycles. The summed E-state index contributed by atoms with van der Waals surface area (Å²) in [7, 11) is 0. The van der Waals surface area contributed by atoms with Crippen LogP contribution in [0.15, 0.2) is 0 Å². The standard InChI is InChI=1S/C17H32O8/c1-12(14(19)21-25-23-16(5,6)7)10-17(8,9)11-13(18)20-24-22-15(2,3)4/h12H,10-11H2,1-9H3. The maximum atomic E-state index is 11.9. The van der Waals surface area contributed by atoms with Gasteiger partial charge in [0.2, 0.25) is 0 Å². The second-order valence-corrected chi connectivity index (χ2v) is 8.83. The van der Waals surface area contributed by atoms with E-state index in [1.807, 2.05) is 13.8 Å². The Kier molecular flexibility index (Phi) is 9.01. The fraction of sp³-hybridized carbons (Fsp3) is 0.882. The third kappa shape index (κ3) is 13.7. The molecule has 8 nitrogen and oxygen atoms in total. The van der Waals surface area contributed by atoms with E-state index in [2.05, 4.69) is 19.9 Å². The first-order valence-electron chi connectivity index (χ1n) is 8.23. The quantitative estimate of drug-likeness (QED) is 0.450. The van der Waals surface area contributed by atoms with Crippen LogP contribution in [-0.4, -0.2) is 23.1 Å². The van der Waals surface area contributed by atoms with Gasteiger partial charge >= 0.3 is 11.9 Å². The number of carbonyl (C=O) groups excluding carboxylic acids is 2. The smallest absolute Gasteiger partial charge is 0.269 e. The molecule has 0 spiro atoms. The molecule has 0 amide bonds. The Balaban J connectivity index is 4.26. The van der Waals surface area contributed by atoms with Crippen LogP contribution in [0.1, 0.15) is 75.2 Å². The second kappa shape index (κ2) is 9.47. The van der Waals surface area contributed by atoms with Crippen molar-refractivity contribution in [3.8, 4) is 0 Å². The summed E-state index contributed by atoms with van der Waals surface area (Å²) in [6, 6.07) is 0. The first kappa shape index (κ1) is 23.8. The van der Waals surface area contributed by atoms with Crippen molar-refractivity contribution in [2.75, 3.05) is 0 Å². The van der Waals surface area contributed by atoms with Crippen molar-refractivity contribution in [3.63, 3.8) is 0 Å². The predicted molar refractivity (Wildman–Crippen MR) is 88.2 cm³/mol. The van der Waals surface area contributed by atoms with Crippen LogP contribution >= 0.6 is 0 Å². The van der Waals surface area contributed by atoms with Crippen molar-refractivity contribution in [2.24, 2.45) is 11.3 Å². The Hall–Kier alpha value is -1.22. The van der Waals surface area contributed by atoms with Gasteiger partial charge in [-0.1, -0.05) is 20.8 Å². The summed E-state index contributed by atoms with van der Waals surface area (Å²) in [5.74, 6) is -1.68. The van der Waals surface area contributed by atoms with Gasteiger partial charge in [0.05, 0.1) is 23.5 Å². The molecule has 148 valence electrons. The molecule has 0 aliphatic carbocycles. The average Bonchev–Trinajstić information content (AvgIpc) is 2.33. The highest BCUT2D eigenvalue weighted by Crippen LogP contribution is 2.30. The number of rotatable bonds is 9. The summed E-state index contributed by atoms with van der Waals surface area (Å²) >= 11 is 0. The zero-order chi connectivity index (χ0) is 19.9. The molecule has 0 heterocycles. The highest BCUT2D eigenvalue weighted by atomic mass is 17.5. The van der Waals surface area contributed by atoms with E-state index in [-0.39, 0.29) is 6.42 Å². The maximum absolute atomic E-state index is 11.9. The van der Waals surface area contributed by atoms with Crippen molar-refractivity contribution < 1.29 is 39.2 Å². The SMILES string of the molecule is CC(CC(C)(C)CC(=O)OOOC(C)(C)C)C(=O)OOOC(C)(C)C. The second-order valence-electron chi connectivity index (χ2n) is 8.83. The highest BCUT2D eigenvalue weighted by Gasteiger charge is 2.30. The maximum Gasteiger partial charge on any atom is 0.348 e. The molecule has 0 fully saturated rings. The van der Waals surface area contributed by atoms with E-state index in [0.29, 0.717) is 6.42 Å². The van der Waals surface area contributed by atoms with Gasteiger partial charge in [0.15, 0.2) is 0 Å². The molecule has 1 atom stereocenters. The van der Waals surface area contributed by atoms with Crippen LogP contribution in [0.2, 0.25) is 0 Å². The van der Waals surface area contributed by atoms with Crippen molar-refractivity contribution in [1.82, 2.24) is 0 Å². The molecule has 0 aromatic carbocycles. The summed E-state index contributed by atoms with van der Waals surface area (Å²) in [6.07, 6.45) is 0.414. The van der Waals surface area contributed by atoms with Crippen LogP contribution in [0.5, 0.6) is 0 Å². The molecule has 1 unspecified atom stereocenters. The van der Waals surface area contributed by atoms with Crippen molar-refractivity contribution in [1.29, 1.82) is 0 Å². The fourth-order valence-electron chi connectivity index (χ4n) is 1.80. The summed E-state index contributed by atoms with van der Waals surface area (Å²) in [5, 5.41) is 8.95. The Morgan fingerprint density at radius 1 is 0.800 bits per heavy atom. The summed E-state index contributed by atoms with van der Waals surface area (Å²) in [5.41, 5.74) is -1.71. The van der Waals surface area contributed by atoms with Crippen LogP contribution in [0.4, 0.5) is 0 Å². The minimum absolute atomic E-state index is 0.0392. The van der Waals surface area contributed by atoms with E-state index in [4.69, 9.17) is 9.78 Å². The summed E-state index contributed by atoms with van der Waals surface area (Å²) < 4.78 is 0. The highest BCUT2D eigenvalue weighted by molar-refractivity contribution is 5.72. The van der Waals surface area contributed by atoms with E-state index < -0.39 is 34.5 Å². The van der Waals surface area contributed by atoms with Crippen LogP contribution in [0.25, 0.3) is 0 Å². The van der Waals surface area contributed by atoms with Crippen LogP contribution in [-0.2, 0) is 39.2 Å². The lowest BCUT2D eigenvalue weighted by molar-refractivity contribution is -0.515. The van der Waals surface area contributed by atoms with E-state index in [9.17, 15) is 9.59 Å². The van der Waals surface area contributed by atoms with Gasteiger partial charge in [-0.3, -0.25) is 9.78 Å². The summed E-state index contributed by atoms with van der Waals surface area (Å²) in [6.45, 7) is 15.9. The Morgan fingerprint density at radius 3 is 1.68 bits per heavy atom. The largest absolute Gasteiger partial charge is 0.348 e. The first-order chi connectivity index (χ1) is 11.1. The Bertz CT molecular complexity index is 431. The molecule has 0 radical (unpaired) electrons. The zero-order valence-electron chi connectivity index (χ0n) is 16.8. The molecule has 0 rings (SSSR count). The van der Waals surface area contributed by atoms with Gasteiger partial charge in [-0.25, -0.2) is 9.59 Å². The zero-order valence-corrected chi connectivity index (χ0v) is 16.8. The number of hydrogen-bond acceptors (Lipinski definition) is 8. The third-order valence-electron chi connectivity index (χ3n) is 2.70. The number of carbonyl (C=O) groups is 2.